The van der Waals surface area contributed by atoms with Crippen LogP contribution in [0.2, 0.25) is 0 Å². The van der Waals surface area contributed by atoms with Crippen molar-refractivity contribution >= 4 is 26.8 Å². The Morgan fingerprint density at radius 2 is 1.97 bits per heavy atom. The van der Waals surface area contributed by atoms with Gasteiger partial charge in [-0.1, -0.05) is 31.4 Å². The Bertz CT molecular complexity index is 1110. The van der Waals surface area contributed by atoms with Crippen molar-refractivity contribution in [1.82, 2.24) is 14.5 Å². The number of allylic oxidation sites excluding steroid dienone is 4. The molecule has 2 aromatic rings. The number of aliphatic hydroxyl groups is 1. The molecule has 2 atom stereocenters. The fraction of sp³-hybridized carbons (Fsp3) is 0.545. The monoisotopic (exact) mass is 448 g/mol. The number of hydrogen-bond donors (Lipinski definition) is 2. The summed E-state index contributed by atoms with van der Waals surface area (Å²) in [5.74, 6) is 0.996. The first kappa shape index (κ1) is 22.0. The molecular weight excluding hydrogens is 416 g/mol. The highest BCUT2D eigenvalue weighted by Crippen LogP contribution is 2.52. The van der Waals surface area contributed by atoms with Crippen LogP contribution in [0.3, 0.4) is 0 Å². The van der Waals surface area contributed by atoms with Crippen molar-refractivity contribution in [2.75, 3.05) is 26.3 Å². The van der Waals surface area contributed by atoms with Gasteiger partial charge in [-0.3, -0.25) is 0 Å². The second-order valence-electron chi connectivity index (χ2n) is 8.14. The zero-order chi connectivity index (χ0) is 22.0. The molecule has 3 aliphatic rings. The predicted molar refractivity (Wildman–Crippen MR) is 121 cm³/mol. The Morgan fingerprint density at radius 1 is 1.23 bits per heavy atom. The maximum atomic E-state index is 13.9. The molecule has 3 aliphatic carbocycles. The van der Waals surface area contributed by atoms with Gasteiger partial charge in [-0.05, 0) is 31.3 Å². The Balaban J connectivity index is 0.000000938. The fourth-order valence-electron chi connectivity index (χ4n) is 4.83. The molecule has 2 aromatic heterocycles. The highest BCUT2D eigenvalue weighted by atomic mass is 32.2. The number of nitrogens with zero attached hydrogens (tertiary/aromatic N) is 3. The minimum Gasteiger partial charge on any atom is -0.400 e. The molecule has 5 rings (SSSR count). The quantitative estimate of drug-likeness (QED) is 0.649. The zero-order valence-corrected chi connectivity index (χ0v) is 18.8. The minimum absolute atomic E-state index is 0. The third-order valence-electron chi connectivity index (χ3n) is 6.31. The van der Waals surface area contributed by atoms with Crippen molar-refractivity contribution in [3.8, 4) is 0 Å². The van der Waals surface area contributed by atoms with E-state index in [9.17, 15) is 8.42 Å². The first-order chi connectivity index (χ1) is 15.1. The number of aromatic nitrogens is 3. The van der Waals surface area contributed by atoms with Crippen molar-refractivity contribution in [1.29, 1.82) is 0 Å². The van der Waals surface area contributed by atoms with E-state index < -0.39 is 9.84 Å². The molecule has 0 aliphatic heterocycles. The number of rotatable bonds is 6. The molecule has 2 unspecified atom stereocenters. The summed E-state index contributed by atoms with van der Waals surface area (Å²) in [4.78, 5) is 9.78. The number of methoxy groups -OCH3 is 1. The number of anilines is 1. The van der Waals surface area contributed by atoms with Crippen LogP contribution in [0.5, 0.6) is 0 Å². The van der Waals surface area contributed by atoms with Crippen LogP contribution < -0.4 is 5.32 Å². The molecule has 2 saturated carbocycles. The van der Waals surface area contributed by atoms with Crippen LogP contribution in [-0.2, 0) is 14.6 Å². The molecule has 2 heterocycles. The van der Waals surface area contributed by atoms with Crippen LogP contribution >= 0.6 is 0 Å². The SMILES string of the molecule is CO.COCNc1c(S(=O)(=O)C2=CC=CC3CC23)c2nccnc2n1C1CCCCC1.[HH]. The summed E-state index contributed by atoms with van der Waals surface area (Å²) < 4.78 is 35.0. The minimum atomic E-state index is -3.71. The van der Waals surface area contributed by atoms with Gasteiger partial charge in [0.25, 0.3) is 0 Å². The smallest absolute Gasteiger partial charge is 0.208 e. The van der Waals surface area contributed by atoms with Crippen LogP contribution in [0, 0.1) is 11.8 Å². The Kier molecular flexibility index (Phi) is 6.45. The lowest BCUT2D eigenvalue weighted by molar-refractivity contribution is 0.219. The van der Waals surface area contributed by atoms with Crippen molar-refractivity contribution in [2.24, 2.45) is 11.8 Å². The van der Waals surface area contributed by atoms with E-state index in [0.29, 0.717) is 27.8 Å². The summed E-state index contributed by atoms with van der Waals surface area (Å²) in [6.07, 6.45) is 15.3. The summed E-state index contributed by atoms with van der Waals surface area (Å²) in [5, 5.41) is 10.2. The Hall–Kier alpha value is -2.23. The standard InChI is InChI=1S/C21H26N4O3S.CH4O.H2/c1-28-13-24-21-19(29(26,27)17-9-5-6-14-12-16(14)17)18-20(23-11-10-22-18)25(21)15-7-3-2-4-8-15;1-2;/h5-6,9-11,14-16,24H,2-4,7-8,12-13H2,1H3;2H,1H3;1H. The molecule has 170 valence electrons. The summed E-state index contributed by atoms with van der Waals surface area (Å²) in [5.41, 5.74) is 1.08. The van der Waals surface area contributed by atoms with E-state index in [1.165, 1.54) is 6.42 Å². The van der Waals surface area contributed by atoms with Gasteiger partial charge in [0.1, 0.15) is 23.0 Å². The van der Waals surface area contributed by atoms with E-state index in [2.05, 4.69) is 25.9 Å². The Labute approximate surface area is 184 Å². The van der Waals surface area contributed by atoms with Gasteiger partial charge in [0.2, 0.25) is 9.84 Å². The summed E-state index contributed by atoms with van der Waals surface area (Å²) >= 11 is 0. The van der Waals surface area contributed by atoms with Crippen LogP contribution in [0.25, 0.3) is 11.2 Å². The summed E-state index contributed by atoms with van der Waals surface area (Å²) in [6, 6.07) is 0.208. The molecule has 0 amide bonds. The van der Waals surface area contributed by atoms with Crippen LogP contribution in [0.1, 0.15) is 46.0 Å². The molecule has 0 radical (unpaired) electrons. The van der Waals surface area contributed by atoms with Crippen molar-refractivity contribution in [3.05, 3.63) is 35.5 Å². The van der Waals surface area contributed by atoms with Gasteiger partial charge in [-0.15, -0.1) is 0 Å². The Morgan fingerprint density at radius 3 is 2.71 bits per heavy atom. The molecule has 0 aromatic carbocycles. The molecule has 2 fully saturated rings. The van der Waals surface area contributed by atoms with E-state index >= 15 is 0 Å². The molecule has 31 heavy (non-hydrogen) atoms. The molecule has 8 nitrogen and oxygen atoms in total. The predicted octanol–water partition coefficient (Wildman–Crippen LogP) is 3.67. The maximum Gasteiger partial charge on any atom is 0.208 e. The third-order valence-corrected chi connectivity index (χ3v) is 8.29. The number of fused-ring (bicyclic) bond motifs is 2. The number of aliphatic hydroxyl groups excluding tert-OH is 1. The lowest BCUT2D eigenvalue weighted by atomic mass is 9.95. The lowest BCUT2D eigenvalue weighted by Crippen LogP contribution is -2.19. The molecular formula is C22H32N4O4S. The van der Waals surface area contributed by atoms with Gasteiger partial charge in [0.15, 0.2) is 5.65 Å². The maximum absolute atomic E-state index is 13.9. The zero-order valence-electron chi connectivity index (χ0n) is 18.0. The van der Waals surface area contributed by atoms with E-state index in [0.717, 1.165) is 39.2 Å². The number of hydrogen-bond acceptors (Lipinski definition) is 7. The van der Waals surface area contributed by atoms with E-state index in [1.807, 2.05) is 6.08 Å². The molecule has 0 saturated heterocycles. The van der Waals surface area contributed by atoms with E-state index in [4.69, 9.17) is 9.84 Å². The lowest BCUT2D eigenvalue weighted by Gasteiger charge is -2.26. The van der Waals surface area contributed by atoms with Gasteiger partial charge in [-0.25, -0.2) is 18.4 Å². The van der Waals surface area contributed by atoms with Crippen LogP contribution in [0.15, 0.2) is 40.4 Å². The second kappa shape index (κ2) is 9.10. The number of nitrogens with one attached hydrogen (secondary N) is 1. The van der Waals surface area contributed by atoms with Crippen LogP contribution in [0.4, 0.5) is 5.82 Å². The molecule has 9 heteroatoms. The average molecular weight is 449 g/mol. The number of ether oxygens (including phenoxy) is 1. The average Bonchev–Trinajstić information content (AvgIpc) is 3.53. The van der Waals surface area contributed by atoms with Crippen molar-refractivity contribution in [3.63, 3.8) is 0 Å². The summed E-state index contributed by atoms with van der Waals surface area (Å²) in [7, 11) is -1.11. The van der Waals surface area contributed by atoms with E-state index in [1.54, 1.807) is 25.6 Å². The van der Waals surface area contributed by atoms with Gasteiger partial charge < -0.3 is 19.7 Å². The van der Waals surface area contributed by atoms with Crippen molar-refractivity contribution in [2.45, 2.75) is 49.5 Å². The summed E-state index contributed by atoms with van der Waals surface area (Å²) in [6.45, 7) is 0.219. The van der Waals surface area contributed by atoms with Crippen molar-refractivity contribution < 1.29 is 19.7 Å². The topological polar surface area (TPSA) is 106 Å². The van der Waals surface area contributed by atoms with E-state index in [-0.39, 0.29) is 25.0 Å². The molecule has 2 N–H and O–H groups in total. The van der Waals surface area contributed by atoms with Gasteiger partial charge >= 0.3 is 0 Å². The highest BCUT2D eigenvalue weighted by Gasteiger charge is 2.46. The fourth-order valence-corrected chi connectivity index (χ4v) is 6.81. The van der Waals surface area contributed by atoms with Gasteiger partial charge in [0, 0.05) is 40.0 Å². The third kappa shape index (κ3) is 3.90. The highest BCUT2D eigenvalue weighted by molar-refractivity contribution is 7.95. The van der Waals surface area contributed by atoms with Crippen LogP contribution in [-0.4, -0.2) is 49.0 Å². The molecule has 0 bridgehead atoms. The largest absolute Gasteiger partial charge is 0.400 e. The molecule has 0 spiro atoms. The van der Waals surface area contributed by atoms with Gasteiger partial charge in [0.05, 0.1) is 4.91 Å². The first-order valence-electron chi connectivity index (χ1n) is 10.8. The first-order valence-corrected chi connectivity index (χ1v) is 12.3. The normalized spacial score (nSPS) is 23.0. The number of sulfone groups is 1. The van der Waals surface area contributed by atoms with Gasteiger partial charge in [-0.2, -0.15) is 0 Å². The second-order valence-corrected chi connectivity index (χ2v) is 10.0.